The molecule has 0 atom stereocenters. The molecule has 35 heavy (non-hydrogen) atoms. The zero-order valence-corrected chi connectivity index (χ0v) is 20.6. The van der Waals surface area contributed by atoms with Crippen LogP contribution in [-0.2, 0) is 13.1 Å². The minimum atomic E-state index is 0.0244. The number of carbonyl (C=O) groups excluding carboxylic acids is 2. The van der Waals surface area contributed by atoms with Crippen LogP contribution in [0.2, 0.25) is 0 Å². The van der Waals surface area contributed by atoms with Gasteiger partial charge in [-0.2, -0.15) is 0 Å². The number of carbonyl (C=O) groups is 2. The third kappa shape index (κ3) is 5.93. The van der Waals surface area contributed by atoms with Gasteiger partial charge in [-0.3, -0.25) is 29.4 Å². The fraction of sp³-hybridized carbons (Fsp3) is 0.385. The number of nitrogens with zero attached hydrogens (tertiary/aromatic N) is 6. The first-order valence-corrected chi connectivity index (χ1v) is 12.9. The van der Waals surface area contributed by atoms with Crippen LogP contribution in [0.25, 0.3) is 0 Å². The van der Waals surface area contributed by atoms with Gasteiger partial charge in [-0.15, -0.1) is 11.3 Å². The van der Waals surface area contributed by atoms with Crippen molar-refractivity contribution in [2.24, 2.45) is 0 Å². The number of aromatic nitrogens is 2. The van der Waals surface area contributed by atoms with Crippen molar-refractivity contribution in [3.05, 3.63) is 82.1 Å². The molecule has 0 N–H and O–H groups in total. The Balaban J connectivity index is 1.10. The average molecular weight is 491 g/mol. The van der Waals surface area contributed by atoms with Crippen LogP contribution in [0.4, 0.5) is 0 Å². The number of thiophene rings is 1. The molecule has 8 nitrogen and oxygen atoms in total. The summed E-state index contributed by atoms with van der Waals surface area (Å²) in [6.45, 7) is 7.81. The molecule has 0 aromatic carbocycles. The Morgan fingerprint density at radius 1 is 0.657 bits per heavy atom. The Morgan fingerprint density at radius 3 is 1.46 bits per heavy atom. The van der Waals surface area contributed by atoms with E-state index in [9.17, 15) is 9.59 Å². The van der Waals surface area contributed by atoms with Crippen LogP contribution in [0.15, 0.2) is 61.2 Å². The summed E-state index contributed by atoms with van der Waals surface area (Å²) in [7, 11) is 0. The summed E-state index contributed by atoms with van der Waals surface area (Å²) in [6.07, 6.45) is 7.35. The molecule has 5 heterocycles. The number of hydrogen-bond donors (Lipinski definition) is 0. The van der Waals surface area contributed by atoms with Gasteiger partial charge in [0.2, 0.25) is 0 Å². The first-order valence-electron chi connectivity index (χ1n) is 12.1. The van der Waals surface area contributed by atoms with Crippen LogP contribution >= 0.6 is 11.3 Å². The summed E-state index contributed by atoms with van der Waals surface area (Å²) in [4.78, 5) is 44.3. The summed E-state index contributed by atoms with van der Waals surface area (Å²) in [6, 6.07) is 11.7. The molecule has 0 saturated carbocycles. The van der Waals surface area contributed by atoms with Crippen LogP contribution in [-0.4, -0.2) is 93.7 Å². The normalized spacial score (nSPS) is 17.5. The summed E-state index contributed by atoms with van der Waals surface area (Å²) in [5.41, 5.74) is 2.37. The molecule has 182 valence electrons. The van der Waals surface area contributed by atoms with Crippen LogP contribution in [0.3, 0.4) is 0 Å². The summed E-state index contributed by atoms with van der Waals surface area (Å²) in [5, 5.41) is 0. The number of hydrogen-bond acceptors (Lipinski definition) is 7. The highest BCUT2D eigenvalue weighted by Gasteiger charge is 2.27. The van der Waals surface area contributed by atoms with Gasteiger partial charge in [-0.25, -0.2) is 0 Å². The fourth-order valence-electron chi connectivity index (χ4n) is 4.60. The molecule has 2 amide bonds. The molecule has 0 aliphatic carbocycles. The lowest BCUT2D eigenvalue weighted by molar-refractivity contribution is 0.0628. The van der Waals surface area contributed by atoms with E-state index in [4.69, 9.17) is 0 Å². The second-order valence-electron chi connectivity index (χ2n) is 9.02. The van der Waals surface area contributed by atoms with E-state index in [1.165, 1.54) is 22.5 Å². The Morgan fingerprint density at radius 2 is 1.09 bits per heavy atom. The third-order valence-electron chi connectivity index (χ3n) is 6.60. The molecule has 2 saturated heterocycles. The SMILES string of the molecule is O=C(c1ccc(C(=O)N2CCN(Cc3cccnc3)CC2)s1)N1CCN(Cc2cccnc2)CC1. The lowest BCUT2D eigenvalue weighted by atomic mass is 10.2. The number of amides is 2. The molecule has 2 aliphatic rings. The van der Waals surface area contributed by atoms with Crippen molar-refractivity contribution >= 4 is 23.2 Å². The fourth-order valence-corrected chi connectivity index (χ4v) is 5.54. The van der Waals surface area contributed by atoms with Crippen molar-refractivity contribution in [2.75, 3.05) is 52.4 Å². The number of rotatable bonds is 6. The summed E-state index contributed by atoms with van der Waals surface area (Å²) in [5.74, 6) is 0.0488. The average Bonchev–Trinajstić information content (AvgIpc) is 3.40. The molecule has 0 unspecified atom stereocenters. The minimum Gasteiger partial charge on any atom is -0.335 e. The molecule has 3 aromatic heterocycles. The first kappa shape index (κ1) is 23.6. The Kier molecular flexibility index (Phi) is 7.46. The van der Waals surface area contributed by atoms with E-state index in [-0.39, 0.29) is 11.8 Å². The molecule has 0 spiro atoms. The van der Waals surface area contributed by atoms with Crippen molar-refractivity contribution in [2.45, 2.75) is 13.1 Å². The van der Waals surface area contributed by atoms with Gasteiger partial charge in [0.25, 0.3) is 11.8 Å². The van der Waals surface area contributed by atoms with Gasteiger partial charge < -0.3 is 9.80 Å². The second kappa shape index (κ2) is 11.1. The van der Waals surface area contributed by atoms with Crippen LogP contribution in [0.5, 0.6) is 0 Å². The van der Waals surface area contributed by atoms with E-state index in [1.807, 2.05) is 34.3 Å². The van der Waals surface area contributed by atoms with Crippen molar-refractivity contribution in [3.63, 3.8) is 0 Å². The molecule has 2 fully saturated rings. The van der Waals surface area contributed by atoms with Crippen molar-refractivity contribution in [1.82, 2.24) is 29.6 Å². The Hall–Kier alpha value is -3.14. The van der Waals surface area contributed by atoms with E-state index < -0.39 is 0 Å². The molecule has 5 rings (SSSR count). The zero-order chi connectivity index (χ0) is 24.0. The highest BCUT2D eigenvalue weighted by Crippen LogP contribution is 2.22. The van der Waals surface area contributed by atoms with Crippen molar-refractivity contribution in [3.8, 4) is 0 Å². The van der Waals surface area contributed by atoms with E-state index in [1.54, 1.807) is 24.5 Å². The predicted molar refractivity (Wildman–Crippen MR) is 135 cm³/mol. The molecule has 9 heteroatoms. The standard InChI is InChI=1S/C26H30N6O2S/c33-25(31-13-9-29(10-14-31)19-21-3-1-7-27-17-21)23-5-6-24(35-23)26(34)32-15-11-30(12-16-32)20-22-4-2-8-28-18-22/h1-8,17-18H,9-16,19-20H2. The van der Waals surface area contributed by atoms with Gasteiger partial charge in [0.05, 0.1) is 9.75 Å². The predicted octanol–water partition coefficient (Wildman–Crippen LogP) is 2.45. The molecule has 0 radical (unpaired) electrons. The smallest absolute Gasteiger partial charge is 0.264 e. The maximum absolute atomic E-state index is 13.1. The second-order valence-corrected chi connectivity index (χ2v) is 10.1. The van der Waals surface area contributed by atoms with E-state index in [2.05, 4.69) is 31.9 Å². The molecule has 0 bridgehead atoms. The Labute approximate surface area is 209 Å². The maximum atomic E-state index is 13.1. The van der Waals surface area contributed by atoms with Crippen molar-refractivity contribution in [1.29, 1.82) is 0 Å². The maximum Gasteiger partial charge on any atom is 0.264 e. The highest BCUT2D eigenvalue weighted by atomic mass is 32.1. The van der Waals surface area contributed by atoms with Gasteiger partial charge in [-0.1, -0.05) is 12.1 Å². The third-order valence-corrected chi connectivity index (χ3v) is 7.67. The lowest BCUT2D eigenvalue weighted by Crippen LogP contribution is -2.48. The van der Waals surface area contributed by atoms with Crippen LogP contribution < -0.4 is 0 Å². The monoisotopic (exact) mass is 490 g/mol. The molecule has 3 aromatic rings. The quantitative estimate of drug-likeness (QED) is 0.529. The van der Waals surface area contributed by atoms with Crippen LogP contribution in [0.1, 0.15) is 30.5 Å². The summed E-state index contributed by atoms with van der Waals surface area (Å²) < 4.78 is 0. The van der Waals surface area contributed by atoms with E-state index in [0.717, 1.165) is 39.3 Å². The summed E-state index contributed by atoms with van der Waals surface area (Å²) >= 11 is 1.32. The minimum absolute atomic E-state index is 0.0244. The number of pyridine rings is 2. The van der Waals surface area contributed by atoms with Crippen LogP contribution in [0, 0.1) is 0 Å². The topological polar surface area (TPSA) is 72.9 Å². The first-order chi connectivity index (χ1) is 17.2. The van der Waals surface area contributed by atoms with Crippen molar-refractivity contribution < 1.29 is 9.59 Å². The van der Waals surface area contributed by atoms with Gasteiger partial charge in [0.1, 0.15) is 0 Å². The number of piperazine rings is 2. The van der Waals surface area contributed by atoms with Gasteiger partial charge in [-0.05, 0) is 35.4 Å². The lowest BCUT2D eigenvalue weighted by Gasteiger charge is -2.34. The highest BCUT2D eigenvalue weighted by molar-refractivity contribution is 7.15. The largest absolute Gasteiger partial charge is 0.335 e. The van der Waals surface area contributed by atoms with E-state index in [0.29, 0.717) is 35.9 Å². The van der Waals surface area contributed by atoms with E-state index >= 15 is 0 Å². The molecular formula is C26H30N6O2S. The Bertz CT molecular complexity index is 1040. The molecule has 2 aliphatic heterocycles. The molecular weight excluding hydrogens is 460 g/mol. The van der Waals surface area contributed by atoms with Gasteiger partial charge in [0.15, 0.2) is 0 Å². The zero-order valence-electron chi connectivity index (χ0n) is 19.8. The van der Waals surface area contributed by atoms with Gasteiger partial charge >= 0.3 is 0 Å². The van der Waals surface area contributed by atoms with Gasteiger partial charge in [0, 0.05) is 90.2 Å².